The number of piperidine rings is 1. The van der Waals surface area contributed by atoms with Crippen LogP contribution in [0.4, 0.5) is 0 Å². The lowest BCUT2D eigenvalue weighted by Crippen LogP contribution is -2.51. The molecule has 0 aromatic heterocycles. The van der Waals surface area contributed by atoms with E-state index in [1.54, 1.807) is 7.11 Å². The van der Waals surface area contributed by atoms with Gasteiger partial charge in [-0.1, -0.05) is 44.2 Å². The summed E-state index contributed by atoms with van der Waals surface area (Å²) in [5, 5.41) is 3.79. The van der Waals surface area contributed by atoms with Crippen LogP contribution in [0.1, 0.15) is 32.3 Å². The number of nitrogens with zero attached hydrogens (tertiary/aromatic N) is 1. The Morgan fingerprint density at radius 1 is 1.33 bits per heavy atom. The average Bonchev–Trinajstić information content (AvgIpc) is 2.50. The first-order valence-electron chi connectivity index (χ1n) is 8.24. The van der Waals surface area contributed by atoms with Gasteiger partial charge in [0.05, 0.1) is 6.61 Å². The quantitative estimate of drug-likeness (QED) is 0.835. The molecule has 3 nitrogen and oxygen atoms in total. The monoisotopic (exact) mass is 290 g/mol. The van der Waals surface area contributed by atoms with E-state index in [0.29, 0.717) is 18.0 Å². The molecule has 0 radical (unpaired) electrons. The summed E-state index contributed by atoms with van der Waals surface area (Å²) in [5.41, 5.74) is 1.42. The third-order valence-corrected chi connectivity index (χ3v) is 4.55. The molecule has 118 valence electrons. The smallest absolute Gasteiger partial charge is 0.0615 e. The second kappa shape index (κ2) is 8.52. The second-order valence-corrected chi connectivity index (χ2v) is 6.32. The largest absolute Gasteiger partial charge is 0.383 e. The number of likely N-dealkylation sites (tertiary alicyclic amines) is 1. The van der Waals surface area contributed by atoms with Crippen molar-refractivity contribution in [3.63, 3.8) is 0 Å². The Bertz CT molecular complexity index is 395. The van der Waals surface area contributed by atoms with Gasteiger partial charge in [-0.3, -0.25) is 4.90 Å². The maximum absolute atomic E-state index is 5.30. The van der Waals surface area contributed by atoms with Crippen LogP contribution in [0.2, 0.25) is 0 Å². The first-order chi connectivity index (χ1) is 10.2. The molecule has 0 bridgehead atoms. The number of benzene rings is 1. The second-order valence-electron chi connectivity index (χ2n) is 6.32. The van der Waals surface area contributed by atoms with Gasteiger partial charge in [-0.25, -0.2) is 0 Å². The number of hydrogen-bond donors (Lipinski definition) is 1. The lowest BCUT2D eigenvalue weighted by atomic mass is 9.92. The summed E-state index contributed by atoms with van der Waals surface area (Å²) in [6.07, 6.45) is 2.36. The highest BCUT2D eigenvalue weighted by Gasteiger charge is 2.27. The topological polar surface area (TPSA) is 24.5 Å². The van der Waals surface area contributed by atoms with E-state index in [4.69, 9.17) is 4.74 Å². The predicted molar refractivity (Wildman–Crippen MR) is 88.4 cm³/mol. The molecule has 1 N–H and O–H groups in total. The van der Waals surface area contributed by atoms with Gasteiger partial charge < -0.3 is 10.1 Å². The van der Waals surface area contributed by atoms with E-state index in [9.17, 15) is 0 Å². The summed E-state index contributed by atoms with van der Waals surface area (Å²) in [4.78, 5) is 2.58. The van der Waals surface area contributed by atoms with Gasteiger partial charge in [0, 0.05) is 32.3 Å². The number of hydrogen-bond acceptors (Lipinski definition) is 3. The number of nitrogens with one attached hydrogen (secondary N) is 1. The van der Waals surface area contributed by atoms with Gasteiger partial charge in [-0.15, -0.1) is 0 Å². The lowest BCUT2D eigenvalue weighted by molar-refractivity contribution is 0.110. The Kier molecular flexibility index (Phi) is 6.68. The van der Waals surface area contributed by atoms with Crippen molar-refractivity contribution in [3.8, 4) is 0 Å². The molecule has 0 unspecified atom stereocenters. The molecular weight excluding hydrogens is 260 g/mol. The maximum Gasteiger partial charge on any atom is 0.0615 e. The first-order valence-corrected chi connectivity index (χ1v) is 8.24. The van der Waals surface area contributed by atoms with E-state index in [0.717, 1.165) is 19.6 Å². The van der Waals surface area contributed by atoms with Crippen LogP contribution in [-0.2, 0) is 11.3 Å². The first kappa shape index (κ1) is 16.5. The van der Waals surface area contributed by atoms with E-state index in [2.05, 4.69) is 54.4 Å². The SMILES string of the molecule is CC[C@H](COC)N[C@H]1CCN(Cc2ccccc2)C[C@H]1C. The van der Waals surface area contributed by atoms with Crippen LogP contribution in [0.15, 0.2) is 30.3 Å². The third-order valence-electron chi connectivity index (χ3n) is 4.55. The van der Waals surface area contributed by atoms with Crippen molar-refractivity contribution in [1.82, 2.24) is 10.2 Å². The average molecular weight is 290 g/mol. The Balaban J connectivity index is 1.81. The van der Waals surface area contributed by atoms with Crippen LogP contribution in [0, 0.1) is 5.92 Å². The van der Waals surface area contributed by atoms with Crippen LogP contribution in [0.5, 0.6) is 0 Å². The Morgan fingerprint density at radius 3 is 2.71 bits per heavy atom. The molecule has 3 atom stereocenters. The molecule has 21 heavy (non-hydrogen) atoms. The van der Waals surface area contributed by atoms with Gasteiger partial charge in [0.2, 0.25) is 0 Å². The molecule has 0 amide bonds. The highest BCUT2D eigenvalue weighted by molar-refractivity contribution is 5.14. The molecule has 1 aliphatic rings. The van der Waals surface area contributed by atoms with E-state index >= 15 is 0 Å². The van der Waals surface area contributed by atoms with E-state index in [-0.39, 0.29) is 0 Å². The Hall–Kier alpha value is -0.900. The molecule has 0 aliphatic carbocycles. The van der Waals surface area contributed by atoms with Crippen LogP contribution in [-0.4, -0.2) is 43.8 Å². The maximum atomic E-state index is 5.30. The fourth-order valence-corrected chi connectivity index (χ4v) is 3.25. The minimum absolute atomic E-state index is 0.489. The van der Waals surface area contributed by atoms with Crippen LogP contribution < -0.4 is 5.32 Å². The molecular formula is C18H30N2O. The summed E-state index contributed by atoms with van der Waals surface area (Å²) in [7, 11) is 1.79. The van der Waals surface area contributed by atoms with Crippen molar-refractivity contribution >= 4 is 0 Å². The molecule has 0 saturated carbocycles. The molecule has 1 fully saturated rings. The lowest BCUT2D eigenvalue weighted by Gasteiger charge is -2.39. The molecule has 2 rings (SSSR count). The van der Waals surface area contributed by atoms with Crippen LogP contribution in [0.25, 0.3) is 0 Å². The summed E-state index contributed by atoms with van der Waals surface area (Å²) in [6.45, 7) is 8.84. The molecule has 1 saturated heterocycles. The highest BCUT2D eigenvalue weighted by Crippen LogP contribution is 2.19. The zero-order chi connectivity index (χ0) is 15.1. The van der Waals surface area contributed by atoms with Crippen molar-refractivity contribution in [2.45, 2.75) is 45.3 Å². The van der Waals surface area contributed by atoms with E-state index in [1.807, 2.05) is 0 Å². The van der Waals surface area contributed by atoms with E-state index < -0.39 is 0 Å². The van der Waals surface area contributed by atoms with Gasteiger partial charge in [-0.2, -0.15) is 0 Å². The molecule has 1 heterocycles. The number of methoxy groups -OCH3 is 1. The van der Waals surface area contributed by atoms with Gasteiger partial charge >= 0.3 is 0 Å². The summed E-state index contributed by atoms with van der Waals surface area (Å²) >= 11 is 0. The minimum Gasteiger partial charge on any atom is -0.383 e. The molecule has 1 aromatic carbocycles. The van der Waals surface area contributed by atoms with Crippen LogP contribution in [0.3, 0.4) is 0 Å². The van der Waals surface area contributed by atoms with Gasteiger partial charge in [-0.05, 0) is 30.9 Å². The molecule has 1 aliphatic heterocycles. The molecule has 0 spiro atoms. The number of rotatable bonds is 7. The van der Waals surface area contributed by atoms with Crippen molar-refractivity contribution < 1.29 is 4.74 Å². The van der Waals surface area contributed by atoms with E-state index in [1.165, 1.54) is 25.1 Å². The standard InChI is InChI=1S/C18H30N2O/c1-4-17(14-21-3)19-18-10-11-20(12-15(18)2)13-16-8-6-5-7-9-16/h5-9,15,17-19H,4,10-14H2,1-3H3/t15-,17-,18+/m1/s1. The minimum atomic E-state index is 0.489. The number of ether oxygens (including phenoxy) is 1. The van der Waals surface area contributed by atoms with Crippen molar-refractivity contribution in [2.75, 3.05) is 26.8 Å². The Labute approximate surface area is 129 Å². The molecule has 3 heteroatoms. The van der Waals surface area contributed by atoms with Gasteiger partial charge in [0.25, 0.3) is 0 Å². The Morgan fingerprint density at radius 2 is 2.10 bits per heavy atom. The van der Waals surface area contributed by atoms with Gasteiger partial charge in [0.1, 0.15) is 0 Å². The zero-order valence-corrected chi connectivity index (χ0v) is 13.7. The fraction of sp³-hybridized carbons (Fsp3) is 0.667. The van der Waals surface area contributed by atoms with Crippen molar-refractivity contribution in [2.24, 2.45) is 5.92 Å². The van der Waals surface area contributed by atoms with Gasteiger partial charge in [0.15, 0.2) is 0 Å². The highest BCUT2D eigenvalue weighted by atomic mass is 16.5. The zero-order valence-electron chi connectivity index (χ0n) is 13.7. The normalized spacial score (nSPS) is 24.9. The summed E-state index contributed by atoms with van der Waals surface area (Å²) in [5.74, 6) is 0.688. The molecule has 1 aromatic rings. The third kappa shape index (κ3) is 5.10. The van der Waals surface area contributed by atoms with Crippen molar-refractivity contribution in [1.29, 1.82) is 0 Å². The fourth-order valence-electron chi connectivity index (χ4n) is 3.25. The van der Waals surface area contributed by atoms with Crippen LogP contribution >= 0.6 is 0 Å². The summed E-state index contributed by atoms with van der Waals surface area (Å²) in [6, 6.07) is 11.9. The van der Waals surface area contributed by atoms with Crippen molar-refractivity contribution in [3.05, 3.63) is 35.9 Å². The summed E-state index contributed by atoms with van der Waals surface area (Å²) < 4.78 is 5.30. The predicted octanol–water partition coefficient (Wildman–Crippen LogP) is 2.91.